The third kappa shape index (κ3) is 2.77. The molecular weight excluding hydrogens is 264 g/mol. The summed E-state index contributed by atoms with van der Waals surface area (Å²) in [6, 6.07) is 8.93. The maximum Gasteiger partial charge on any atom is 0.323 e. The Hall–Kier alpha value is -1.55. The Balaban J connectivity index is 1.84. The van der Waals surface area contributed by atoms with E-state index in [0.29, 0.717) is 6.04 Å². The highest BCUT2D eigenvalue weighted by Crippen LogP contribution is 2.37. The summed E-state index contributed by atoms with van der Waals surface area (Å²) in [7, 11) is 4.11. The van der Waals surface area contributed by atoms with E-state index in [-0.39, 0.29) is 18.1 Å². The molecule has 21 heavy (non-hydrogen) atoms. The molecule has 0 amide bonds. The molecule has 2 heterocycles. The van der Waals surface area contributed by atoms with Crippen LogP contribution in [0, 0.1) is 0 Å². The number of rotatable bonds is 3. The first-order valence-electron chi connectivity index (χ1n) is 7.80. The zero-order chi connectivity index (χ0) is 15.0. The molecule has 0 radical (unpaired) electrons. The fourth-order valence-electron chi connectivity index (χ4n) is 3.54. The highest BCUT2D eigenvalue weighted by molar-refractivity contribution is 5.78. The minimum absolute atomic E-state index is 0.0434. The molecule has 4 heteroatoms. The van der Waals surface area contributed by atoms with E-state index < -0.39 is 0 Å². The van der Waals surface area contributed by atoms with Gasteiger partial charge < -0.3 is 9.64 Å². The second-order valence-corrected chi connectivity index (χ2v) is 6.38. The zero-order valence-corrected chi connectivity index (χ0v) is 13.1. The molecule has 3 atom stereocenters. The first-order valence-corrected chi connectivity index (χ1v) is 7.80. The van der Waals surface area contributed by atoms with Crippen molar-refractivity contribution in [3.63, 3.8) is 0 Å². The van der Waals surface area contributed by atoms with Crippen LogP contribution in [0.25, 0.3) is 0 Å². The molecule has 2 aliphatic heterocycles. The van der Waals surface area contributed by atoms with Crippen LogP contribution in [0.1, 0.15) is 37.8 Å². The lowest BCUT2D eigenvalue weighted by Gasteiger charge is -2.29. The first kappa shape index (κ1) is 14.4. The van der Waals surface area contributed by atoms with Gasteiger partial charge in [0.25, 0.3) is 0 Å². The predicted octanol–water partition coefficient (Wildman–Crippen LogP) is 2.59. The summed E-state index contributed by atoms with van der Waals surface area (Å²) in [4.78, 5) is 16.5. The molecular formula is C17H24N2O2. The second-order valence-electron chi connectivity index (χ2n) is 6.38. The van der Waals surface area contributed by atoms with Crippen molar-refractivity contribution in [1.29, 1.82) is 0 Å². The second kappa shape index (κ2) is 5.68. The van der Waals surface area contributed by atoms with Gasteiger partial charge in [0.15, 0.2) is 0 Å². The van der Waals surface area contributed by atoms with Crippen LogP contribution in [0.2, 0.25) is 0 Å². The number of hydrogen-bond donors (Lipinski definition) is 0. The third-order valence-corrected chi connectivity index (χ3v) is 4.61. The summed E-state index contributed by atoms with van der Waals surface area (Å²) in [5.74, 6) is -0.0434. The lowest BCUT2D eigenvalue weighted by atomic mass is 10.0. The normalized spacial score (nSPS) is 29.7. The molecule has 0 aliphatic carbocycles. The number of hydrogen-bond acceptors (Lipinski definition) is 4. The average molecular weight is 288 g/mol. The van der Waals surface area contributed by atoms with E-state index in [1.165, 1.54) is 11.3 Å². The predicted molar refractivity (Wildman–Crippen MR) is 83.4 cm³/mol. The van der Waals surface area contributed by atoms with Crippen molar-refractivity contribution >= 4 is 11.7 Å². The first-order chi connectivity index (χ1) is 10.1. The molecule has 114 valence electrons. The van der Waals surface area contributed by atoms with Crippen LogP contribution < -0.4 is 4.90 Å². The van der Waals surface area contributed by atoms with Crippen molar-refractivity contribution in [3.8, 4) is 0 Å². The van der Waals surface area contributed by atoms with E-state index in [1.807, 2.05) is 6.92 Å². The largest absolute Gasteiger partial charge is 0.461 e. The molecule has 0 bridgehead atoms. The Morgan fingerprint density at radius 3 is 2.76 bits per heavy atom. The fourth-order valence-corrected chi connectivity index (χ4v) is 3.54. The van der Waals surface area contributed by atoms with Gasteiger partial charge in [-0.3, -0.25) is 9.69 Å². The molecule has 0 aromatic heterocycles. The summed E-state index contributed by atoms with van der Waals surface area (Å²) < 4.78 is 5.34. The van der Waals surface area contributed by atoms with E-state index in [9.17, 15) is 4.79 Å². The summed E-state index contributed by atoms with van der Waals surface area (Å²) in [6.07, 6.45) is 3.14. The van der Waals surface area contributed by atoms with Crippen LogP contribution in [0.4, 0.5) is 5.69 Å². The van der Waals surface area contributed by atoms with Crippen molar-refractivity contribution in [1.82, 2.24) is 4.90 Å². The SMILES string of the molecule is CC1CC(N2CCCC2c2cccc(N(C)C)c2)C(=O)O1. The molecule has 1 aromatic rings. The quantitative estimate of drug-likeness (QED) is 0.800. The van der Waals surface area contributed by atoms with Gasteiger partial charge in [-0.05, 0) is 44.0 Å². The zero-order valence-electron chi connectivity index (χ0n) is 13.1. The van der Waals surface area contributed by atoms with E-state index in [1.54, 1.807) is 0 Å². The lowest BCUT2D eigenvalue weighted by Crippen LogP contribution is -2.38. The van der Waals surface area contributed by atoms with E-state index >= 15 is 0 Å². The summed E-state index contributed by atoms with van der Waals surface area (Å²) in [6.45, 7) is 2.97. The number of esters is 1. The number of carbonyl (C=O) groups is 1. The molecule has 0 N–H and O–H groups in total. The van der Waals surface area contributed by atoms with Crippen LogP contribution in [-0.2, 0) is 9.53 Å². The maximum absolute atomic E-state index is 12.1. The van der Waals surface area contributed by atoms with Crippen molar-refractivity contribution < 1.29 is 9.53 Å². The third-order valence-electron chi connectivity index (χ3n) is 4.61. The van der Waals surface area contributed by atoms with Crippen molar-refractivity contribution in [2.24, 2.45) is 0 Å². The van der Waals surface area contributed by atoms with E-state index in [4.69, 9.17) is 4.74 Å². The van der Waals surface area contributed by atoms with Crippen LogP contribution in [-0.4, -0.2) is 43.7 Å². The molecule has 3 unspecified atom stereocenters. The standard InChI is InChI=1S/C17H24N2O2/c1-12-10-16(17(20)21-12)19-9-5-8-15(19)13-6-4-7-14(11-13)18(2)3/h4,6-7,11-12,15-16H,5,8-10H2,1-3H3. The molecule has 2 fully saturated rings. The summed E-state index contributed by atoms with van der Waals surface area (Å²) >= 11 is 0. The Morgan fingerprint density at radius 1 is 1.29 bits per heavy atom. The van der Waals surface area contributed by atoms with Gasteiger partial charge in [0, 0.05) is 32.2 Å². The van der Waals surface area contributed by atoms with Gasteiger partial charge in [0.2, 0.25) is 0 Å². The monoisotopic (exact) mass is 288 g/mol. The van der Waals surface area contributed by atoms with Gasteiger partial charge >= 0.3 is 5.97 Å². The maximum atomic E-state index is 12.1. The molecule has 4 nitrogen and oxygen atoms in total. The fraction of sp³-hybridized carbons (Fsp3) is 0.588. The number of anilines is 1. The van der Waals surface area contributed by atoms with Crippen LogP contribution in [0.3, 0.4) is 0 Å². The smallest absolute Gasteiger partial charge is 0.323 e. The van der Waals surface area contributed by atoms with Crippen LogP contribution in [0.5, 0.6) is 0 Å². The number of ether oxygens (including phenoxy) is 1. The van der Waals surface area contributed by atoms with Gasteiger partial charge in [-0.2, -0.15) is 0 Å². The molecule has 0 spiro atoms. The lowest BCUT2D eigenvalue weighted by molar-refractivity contribution is -0.145. The summed E-state index contributed by atoms with van der Waals surface area (Å²) in [5.41, 5.74) is 2.52. The van der Waals surface area contributed by atoms with Crippen LogP contribution in [0.15, 0.2) is 24.3 Å². The number of benzene rings is 1. The van der Waals surface area contributed by atoms with Crippen molar-refractivity contribution in [2.75, 3.05) is 25.5 Å². The Bertz CT molecular complexity index is 529. The molecule has 2 saturated heterocycles. The average Bonchev–Trinajstić information content (AvgIpc) is 3.05. The van der Waals surface area contributed by atoms with Crippen LogP contribution >= 0.6 is 0 Å². The molecule has 1 aromatic carbocycles. The minimum Gasteiger partial charge on any atom is -0.461 e. The highest BCUT2D eigenvalue weighted by Gasteiger charge is 2.41. The van der Waals surface area contributed by atoms with Gasteiger partial charge in [0.1, 0.15) is 12.1 Å². The molecule has 2 aliphatic rings. The number of nitrogens with zero attached hydrogens (tertiary/aromatic N) is 2. The van der Waals surface area contributed by atoms with E-state index in [2.05, 4.69) is 48.2 Å². The van der Waals surface area contributed by atoms with Gasteiger partial charge in [-0.1, -0.05) is 12.1 Å². The topological polar surface area (TPSA) is 32.8 Å². The van der Waals surface area contributed by atoms with Crippen molar-refractivity contribution in [2.45, 2.75) is 44.4 Å². The van der Waals surface area contributed by atoms with Gasteiger partial charge in [-0.15, -0.1) is 0 Å². The van der Waals surface area contributed by atoms with Gasteiger partial charge in [0.05, 0.1) is 0 Å². The minimum atomic E-state index is -0.0597. The Kier molecular flexibility index (Phi) is 3.89. The summed E-state index contributed by atoms with van der Waals surface area (Å²) in [5, 5.41) is 0. The molecule has 3 rings (SSSR count). The van der Waals surface area contributed by atoms with Crippen molar-refractivity contribution in [3.05, 3.63) is 29.8 Å². The highest BCUT2D eigenvalue weighted by atomic mass is 16.6. The number of likely N-dealkylation sites (tertiary alicyclic amines) is 1. The van der Waals surface area contributed by atoms with Gasteiger partial charge in [-0.25, -0.2) is 0 Å². The molecule has 0 saturated carbocycles. The van der Waals surface area contributed by atoms with E-state index in [0.717, 1.165) is 25.8 Å². The number of cyclic esters (lactones) is 1. The Morgan fingerprint density at radius 2 is 2.10 bits per heavy atom. The number of carbonyl (C=O) groups excluding carboxylic acids is 1. The Labute approximate surface area is 126 Å².